The summed E-state index contributed by atoms with van der Waals surface area (Å²) in [6, 6.07) is 9.48. The Hall–Kier alpha value is -3.04. The van der Waals surface area contributed by atoms with E-state index in [1.54, 1.807) is 0 Å². The zero-order chi connectivity index (χ0) is 20.3. The third kappa shape index (κ3) is 4.26. The molecule has 10 heteroatoms. The van der Waals surface area contributed by atoms with Crippen molar-refractivity contribution in [2.75, 3.05) is 0 Å². The van der Waals surface area contributed by atoms with E-state index >= 15 is 0 Å². The van der Waals surface area contributed by atoms with Gasteiger partial charge in [-0.15, -0.1) is 10.2 Å². The SMILES string of the molecule is Cn1cc(/C=C(\Cl)c2nnc(C(=O)NCc3ccccc3)s2)c(=O)n(C)c1=O. The average Bonchev–Trinajstić information content (AvgIpc) is 3.20. The van der Waals surface area contributed by atoms with Gasteiger partial charge < -0.3 is 9.88 Å². The number of benzene rings is 1. The van der Waals surface area contributed by atoms with Crippen LogP contribution in [0.5, 0.6) is 0 Å². The summed E-state index contributed by atoms with van der Waals surface area (Å²) in [5.74, 6) is -0.366. The molecule has 0 fully saturated rings. The number of rotatable bonds is 5. The van der Waals surface area contributed by atoms with Crippen molar-refractivity contribution in [3.8, 4) is 0 Å². The van der Waals surface area contributed by atoms with Crippen LogP contribution in [0.2, 0.25) is 0 Å². The lowest BCUT2D eigenvalue weighted by Gasteiger charge is -2.03. The molecule has 1 aromatic carbocycles. The van der Waals surface area contributed by atoms with Gasteiger partial charge in [-0.25, -0.2) is 4.79 Å². The second-order valence-electron chi connectivity index (χ2n) is 5.92. The monoisotopic (exact) mass is 417 g/mol. The van der Waals surface area contributed by atoms with Gasteiger partial charge in [0.25, 0.3) is 11.5 Å². The highest BCUT2D eigenvalue weighted by atomic mass is 35.5. The Morgan fingerprint density at radius 2 is 1.86 bits per heavy atom. The summed E-state index contributed by atoms with van der Waals surface area (Å²) in [5.41, 5.74) is 0.266. The van der Waals surface area contributed by atoms with Crippen LogP contribution in [0.1, 0.15) is 25.9 Å². The molecule has 0 atom stereocenters. The van der Waals surface area contributed by atoms with Gasteiger partial charge >= 0.3 is 5.69 Å². The number of amides is 1. The first-order chi connectivity index (χ1) is 13.4. The third-order valence-corrected chi connectivity index (χ3v) is 5.23. The highest BCUT2D eigenvalue weighted by Gasteiger charge is 2.15. The smallest absolute Gasteiger partial charge is 0.330 e. The Balaban J connectivity index is 1.78. The van der Waals surface area contributed by atoms with Gasteiger partial charge in [-0.05, 0) is 11.6 Å². The molecular weight excluding hydrogens is 402 g/mol. The standard InChI is InChI=1S/C18H16ClN5O3S/c1-23-10-12(17(26)24(2)18(23)27)8-13(19)15-21-22-16(28-15)14(25)20-9-11-6-4-3-5-7-11/h3-8,10H,9H2,1-2H3,(H,20,25)/b13-8-. The van der Waals surface area contributed by atoms with Crippen LogP contribution in [0.15, 0.2) is 46.1 Å². The average molecular weight is 418 g/mol. The molecule has 144 valence electrons. The van der Waals surface area contributed by atoms with Gasteiger partial charge in [-0.3, -0.25) is 14.2 Å². The molecule has 2 heterocycles. The number of carbonyl (C=O) groups is 1. The summed E-state index contributed by atoms with van der Waals surface area (Å²) in [6.07, 6.45) is 2.79. The lowest BCUT2D eigenvalue weighted by molar-refractivity contribution is 0.0950. The maximum atomic E-state index is 12.2. The molecule has 1 N–H and O–H groups in total. The van der Waals surface area contributed by atoms with Gasteiger partial charge in [0.05, 0.1) is 10.6 Å². The molecule has 3 rings (SSSR count). The van der Waals surface area contributed by atoms with E-state index in [9.17, 15) is 14.4 Å². The summed E-state index contributed by atoms with van der Waals surface area (Å²) in [4.78, 5) is 36.2. The van der Waals surface area contributed by atoms with Gasteiger partial charge in [-0.1, -0.05) is 53.3 Å². The molecule has 28 heavy (non-hydrogen) atoms. The van der Waals surface area contributed by atoms with Crippen molar-refractivity contribution in [2.45, 2.75) is 6.54 Å². The fraction of sp³-hybridized carbons (Fsp3) is 0.167. The first kappa shape index (κ1) is 19.7. The van der Waals surface area contributed by atoms with E-state index in [1.807, 2.05) is 30.3 Å². The highest BCUT2D eigenvalue weighted by molar-refractivity contribution is 7.15. The van der Waals surface area contributed by atoms with Gasteiger partial charge in [0, 0.05) is 26.8 Å². The molecule has 0 aliphatic carbocycles. The number of aryl methyl sites for hydroxylation is 1. The van der Waals surface area contributed by atoms with E-state index in [0.29, 0.717) is 11.6 Å². The molecule has 0 aliphatic heterocycles. The van der Waals surface area contributed by atoms with Crippen molar-refractivity contribution in [1.29, 1.82) is 0 Å². The van der Waals surface area contributed by atoms with Crippen molar-refractivity contribution in [1.82, 2.24) is 24.6 Å². The normalized spacial score (nSPS) is 11.5. The summed E-state index contributed by atoms with van der Waals surface area (Å²) in [7, 11) is 2.92. The molecule has 0 spiro atoms. The predicted octanol–water partition coefficient (Wildman–Crippen LogP) is 1.60. The summed E-state index contributed by atoms with van der Waals surface area (Å²) in [5, 5.41) is 11.1. The second-order valence-corrected chi connectivity index (χ2v) is 7.30. The third-order valence-electron chi connectivity index (χ3n) is 3.87. The molecule has 0 saturated carbocycles. The predicted molar refractivity (Wildman–Crippen MR) is 108 cm³/mol. The van der Waals surface area contributed by atoms with E-state index < -0.39 is 11.2 Å². The Labute approximate surface area is 168 Å². The van der Waals surface area contributed by atoms with Gasteiger partial charge in [0.2, 0.25) is 5.01 Å². The first-order valence-corrected chi connectivity index (χ1v) is 9.36. The number of carbonyl (C=O) groups excluding carboxylic acids is 1. The van der Waals surface area contributed by atoms with Crippen LogP contribution >= 0.6 is 22.9 Å². The molecule has 0 unspecified atom stereocenters. The molecule has 0 saturated heterocycles. The lowest BCUT2D eigenvalue weighted by Crippen LogP contribution is -2.37. The van der Waals surface area contributed by atoms with Crippen LogP contribution in [-0.2, 0) is 20.6 Å². The number of hydrogen-bond acceptors (Lipinski definition) is 6. The number of halogens is 1. The van der Waals surface area contributed by atoms with Crippen LogP contribution in [0.4, 0.5) is 0 Å². The van der Waals surface area contributed by atoms with E-state index in [-0.39, 0.29) is 21.5 Å². The summed E-state index contributed by atoms with van der Waals surface area (Å²) >= 11 is 7.26. The number of nitrogens with zero attached hydrogens (tertiary/aromatic N) is 4. The quantitative estimate of drug-likeness (QED) is 0.679. The Bertz CT molecular complexity index is 1160. The number of nitrogens with one attached hydrogen (secondary N) is 1. The van der Waals surface area contributed by atoms with Crippen LogP contribution < -0.4 is 16.6 Å². The molecule has 3 aromatic rings. The minimum absolute atomic E-state index is 0.148. The summed E-state index contributed by atoms with van der Waals surface area (Å²) < 4.78 is 2.26. The van der Waals surface area contributed by atoms with E-state index in [4.69, 9.17) is 11.6 Å². The highest BCUT2D eigenvalue weighted by Crippen LogP contribution is 2.24. The van der Waals surface area contributed by atoms with E-state index in [0.717, 1.165) is 21.5 Å². The van der Waals surface area contributed by atoms with Crippen LogP contribution in [-0.4, -0.2) is 25.2 Å². The molecule has 0 bridgehead atoms. The minimum Gasteiger partial charge on any atom is -0.346 e. The van der Waals surface area contributed by atoms with Crippen LogP contribution in [0.3, 0.4) is 0 Å². The molecule has 1 amide bonds. The first-order valence-electron chi connectivity index (χ1n) is 8.16. The Morgan fingerprint density at radius 1 is 1.18 bits per heavy atom. The maximum Gasteiger partial charge on any atom is 0.330 e. The van der Waals surface area contributed by atoms with Crippen molar-refractivity contribution >= 4 is 40.0 Å². The van der Waals surface area contributed by atoms with E-state index in [2.05, 4.69) is 15.5 Å². The van der Waals surface area contributed by atoms with Crippen molar-refractivity contribution in [3.63, 3.8) is 0 Å². The Morgan fingerprint density at radius 3 is 2.57 bits per heavy atom. The number of aromatic nitrogens is 4. The largest absolute Gasteiger partial charge is 0.346 e. The minimum atomic E-state index is -0.480. The zero-order valence-corrected chi connectivity index (χ0v) is 16.6. The van der Waals surface area contributed by atoms with Gasteiger partial charge in [-0.2, -0.15) is 0 Å². The summed E-state index contributed by atoms with van der Waals surface area (Å²) in [6.45, 7) is 0.367. The molecular formula is C18H16ClN5O3S. The zero-order valence-electron chi connectivity index (χ0n) is 15.0. The second kappa shape index (κ2) is 8.32. The van der Waals surface area contributed by atoms with Crippen molar-refractivity contribution in [2.24, 2.45) is 14.1 Å². The fourth-order valence-corrected chi connectivity index (χ4v) is 3.34. The molecule has 2 aromatic heterocycles. The lowest BCUT2D eigenvalue weighted by atomic mass is 10.2. The van der Waals surface area contributed by atoms with Crippen LogP contribution in [0.25, 0.3) is 11.1 Å². The van der Waals surface area contributed by atoms with Gasteiger partial charge in [0.15, 0.2) is 5.01 Å². The maximum absolute atomic E-state index is 12.2. The molecule has 8 nitrogen and oxygen atoms in total. The fourth-order valence-electron chi connectivity index (χ4n) is 2.40. The number of hydrogen-bond donors (Lipinski definition) is 1. The Kier molecular flexibility index (Phi) is 5.86. The van der Waals surface area contributed by atoms with Crippen LogP contribution in [0, 0.1) is 0 Å². The molecule has 0 radical (unpaired) electrons. The topological polar surface area (TPSA) is 98.9 Å². The van der Waals surface area contributed by atoms with Gasteiger partial charge in [0.1, 0.15) is 0 Å². The van der Waals surface area contributed by atoms with E-state index in [1.165, 1.54) is 30.9 Å². The van der Waals surface area contributed by atoms with Crippen molar-refractivity contribution in [3.05, 3.63) is 78.5 Å². The molecule has 0 aliphatic rings. The van der Waals surface area contributed by atoms with Crippen molar-refractivity contribution < 1.29 is 4.79 Å².